The Hall–Kier alpha value is -4.77. The van der Waals surface area contributed by atoms with E-state index in [1.165, 1.54) is 0 Å². The summed E-state index contributed by atoms with van der Waals surface area (Å²) in [6.07, 6.45) is 3.53. The van der Waals surface area contributed by atoms with Gasteiger partial charge in [-0.15, -0.1) is 0 Å². The van der Waals surface area contributed by atoms with Crippen LogP contribution >= 0.6 is 0 Å². The minimum atomic E-state index is -0.562. The molecule has 0 saturated carbocycles. The van der Waals surface area contributed by atoms with Gasteiger partial charge in [-0.3, -0.25) is 9.59 Å². The van der Waals surface area contributed by atoms with Crippen molar-refractivity contribution in [2.75, 3.05) is 18.0 Å². The minimum absolute atomic E-state index is 0.0495. The number of amides is 2. The maximum Gasteiger partial charge on any atom is 0.296 e. The SMILES string of the molecule is CC#CC(=O)N[C@H]1CCCN(c2nc(-c3ccc(Oc4ccccc4)cc3)c(C(N)=O)c3[nH]ccc23)C1. The molecule has 0 bridgehead atoms. The lowest BCUT2D eigenvalue weighted by Gasteiger charge is -2.34. The molecular weight excluding hydrogens is 466 g/mol. The second-order valence-corrected chi connectivity index (χ2v) is 8.86. The van der Waals surface area contributed by atoms with Gasteiger partial charge in [0.1, 0.15) is 17.3 Å². The summed E-state index contributed by atoms with van der Waals surface area (Å²) in [5.41, 5.74) is 8.05. The van der Waals surface area contributed by atoms with Crippen molar-refractivity contribution >= 4 is 28.5 Å². The maximum absolute atomic E-state index is 12.6. The van der Waals surface area contributed by atoms with Gasteiger partial charge in [0.15, 0.2) is 0 Å². The second kappa shape index (κ2) is 10.5. The number of primary amides is 1. The van der Waals surface area contributed by atoms with E-state index < -0.39 is 5.91 Å². The molecular formula is C29H27N5O3. The van der Waals surface area contributed by atoms with Crippen LogP contribution in [0.2, 0.25) is 0 Å². The fourth-order valence-corrected chi connectivity index (χ4v) is 4.72. The molecule has 8 nitrogen and oxygen atoms in total. The Bertz CT molecular complexity index is 1500. The van der Waals surface area contributed by atoms with E-state index >= 15 is 0 Å². The Balaban J connectivity index is 1.51. The number of carbonyl (C=O) groups excluding carboxylic acids is 2. The highest BCUT2D eigenvalue weighted by atomic mass is 16.5. The normalized spacial score (nSPS) is 15.1. The third-order valence-electron chi connectivity index (χ3n) is 6.34. The number of anilines is 1. The van der Waals surface area contributed by atoms with Crippen LogP contribution < -0.4 is 20.7 Å². The Morgan fingerprint density at radius 3 is 2.59 bits per heavy atom. The monoisotopic (exact) mass is 493 g/mol. The number of nitrogens with one attached hydrogen (secondary N) is 2. The zero-order valence-corrected chi connectivity index (χ0v) is 20.5. The third-order valence-corrected chi connectivity index (χ3v) is 6.34. The van der Waals surface area contributed by atoms with Gasteiger partial charge in [-0.25, -0.2) is 4.98 Å². The predicted molar refractivity (Wildman–Crippen MR) is 143 cm³/mol. The van der Waals surface area contributed by atoms with Crippen LogP contribution in [-0.2, 0) is 4.79 Å². The molecule has 186 valence electrons. The molecule has 8 heteroatoms. The first kappa shape index (κ1) is 23.9. The lowest BCUT2D eigenvalue weighted by Crippen LogP contribution is -2.47. The van der Waals surface area contributed by atoms with Crippen LogP contribution in [0, 0.1) is 11.8 Å². The molecule has 0 radical (unpaired) electrons. The summed E-state index contributed by atoms with van der Waals surface area (Å²) in [6, 6.07) is 18.8. The molecule has 1 aliphatic heterocycles. The summed E-state index contributed by atoms with van der Waals surface area (Å²) in [5, 5.41) is 3.79. The van der Waals surface area contributed by atoms with Gasteiger partial charge in [-0.2, -0.15) is 0 Å². The van der Waals surface area contributed by atoms with Gasteiger partial charge >= 0.3 is 0 Å². The average Bonchev–Trinajstić information content (AvgIpc) is 3.39. The summed E-state index contributed by atoms with van der Waals surface area (Å²) in [5.74, 6) is 6.47. The van der Waals surface area contributed by atoms with Gasteiger partial charge in [0.25, 0.3) is 11.8 Å². The molecule has 1 saturated heterocycles. The number of aromatic nitrogens is 2. The first-order valence-electron chi connectivity index (χ1n) is 12.2. The van der Waals surface area contributed by atoms with Crippen molar-refractivity contribution < 1.29 is 14.3 Å². The number of carbonyl (C=O) groups is 2. The van der Waals surface area contributed by atoms with Crippen molar-refractivity contribution in [1.82, 2.24) is 15.3 Å². The molecule has 0 spiro atoms. The van der Waals surface area contributed by atoms with Crippen molar-refractivity contribution in [2.24, 2.45) is 5.73 Å². The molecule has 2 amide bonds. The standard InChI is InChI=1S/C29H27N5O3/c1-2-7-24(35)32-20-8-6-17-34(18-20)29-23-15-16-31-27(23)25(28(30)36)26(33-29)19-11-13-22(14-12-19)37-21-9-4-3-5-10-21/h3-5,9-16,20,31H,6,8,17-18H2,1H3,(H2,30,36)(H,32,35)/t20-/m0/s1. The Morgan fingerprint density at radius 1 is 1.11 bits per heavy atom. The van der Waals surface area contributed by atoms with Crippen LogP contribution in [0.25, 0.3) is 22.2 Å². The summed E-state index contributed by atoms with van der Waals surface area (Å²) in [7, 11) is 0. The van der Waals surface area contributed by atoms with E-state index in [0.717, 1.165) is 41.9 Å². The number of hydrogen-bond acceptors (Lipinski definition) is 5. The maximum atomic E-state index is 12.6. The van der Waals surface area contributed by atoms with Gasteiger partial charge in [0, 0.05) is 36.3 Å². The Morgan fingerprint density at radius 2 is 1.86 bits per heavy atom. The first-order chi connectivity index (χ1) is 18.0. The number of pyridine rings is 1. The van der Waals surface area contributed by atoms with E-state index in [9.17, 15) is 9.59 Å². The number of para-hydroxylation sites is 1. The van der Waals surface area contributed by atoms with Gasteiger partial charge in [-0.1, -0.05) is 24.1 Å². The van der Waals surface area contributed by atoms with Crippen LogP contribution in [0.5, 0.6) is 11.5 Å². The van der Waals surface area contributed by atoms with Gasteiger partial charge in [-0.05, 0) is 68.2 Å². The molecule has 2 aromatic heterocycles. The van der Waals surface area contributed by atoms with E-state index in [1.807, 2.05) is 60.7 Å². The zero-order chi connectivity index (χ0) is 25.8. The number of benzene rings is 2. The number of rotatable bonds is 6. The number of aromatic amines is 1. The minimum Gasteiger partial charge on any atom is -0.457 e. The number of ether oxygens (including phenoxy) is 1. The van der Waals surface area contributed by atoms with Crippen molar-refractivity contribution in [3.63, 3.8) is 0 Å². The van der Waals surface area contributed by atoms with Crippen LogP contribution in [0.4, 0.5) is 5.82 Å². The third kappa shape index (κ3) is 5.11. The van der Waals surface area contributed by atoms with Gasteiger partial charge in [0.2, 0.25) is 0 Å². The predicted octanol–water partition coefficient (Wildman–Crippen LogP) is 4.23. The molecule has 1 aliphatic rings. The Labute approximate surface area is 214 Å². The van der Waals surface area contributed by atoms with E-state index in [-0.39, 0.29) is 11.9 Å². The molecule has 4 N–H and O–H groups in total. The van der Waals surface area contributed by atoms with E-state index in [4.69, 9.17) is 15.5 Å². The lowest BCUT2D eigenvalue weighted by molar-refractivity contribution is -0.116. The van der Waals surface area contributed by atoms with E-state index in [2.05, 4.69) is 27.0 Å². The summed E-state index contributed by atoms with van der Waals surface area (Å²) in [6.45, 7) is 3.00. The highest BCUT2D eigenvalue weighted by molar-refractivity contribution is 6.12. The number of piperidine rings is 1. The van der Waals surface area contributed by atoms with Gasteiger partial charge < -0.3 is 25.7 Å². The van der Waals surface area contributed by atoms with E-state index in [1.54, 1.807) is 13.1 Å². The van der Waals surface area contributed by atoms with Crippen LogP contribution in [0.1, 0.15) is 30.1 Å². The second-order valence-electron chi connectivity index (χ2n) is 8.86. The lowest BCUT2D eigenvalue weighted by atomic mass is 10.0. The number of nitrogens with zero attached hydrogens (tertiary/aromatic N) is 2. The fraction of sp³-hybridized carbons (Fsp3) is 0.207. The van der Waals surface area contributed by atoms with Crippen LogP contribution in [-0.4, -0.2) is 40.9 Å². The summed E-state index contributed by atoms with van der Waals surface area (Å²) >= 11 is 0. The molecule has 4 aromatic rings. The molecule has 5 rings (SSSR count). The summed E-state index contributed by atoms with van der Waals surface area (Å²) < 4.78 is 5.91. The molecule has 37 heavy (non-hydrogen) atoms. The average molecular weight is 494 g/mol. The molecule has 1 atom stereocenters. The van der Waals surface area contributed by atoms with Gasteiger partial charge in [0.05, 0.1) is 16.8 Å². The van der Waals surface area contributed by atoms with E-state index in [0.29, 0.717) is 29.1 Å². The van der Waals surface area contributed by atoms with Crippen molar-refractivity contribution in [1.29, 1.82) is 0 Å². The number of H-pyrrole nitrogens is 1. The largest absolute Gasteiger partial charge is 0.457 e. The van der Waals surface area contributed by atoms with Crippen LogP contribution in [0.3, 0.4) is 0 Å². The molecule has 1 fully saturated rings. The smallest absolute Gasteiger partial charge is 0.296 e. The Kier molecular flexibility index (Phi) is 6.77. The number of hydrogen-bond donors (Lipinski definition) is 3. The first-order valence-corrected chi connectivity index (χ1v) is 12.2. The fourth-order valence-electron chi connectivity index (χ4n) is 4.72. The highest BCUT2D eigenvalue weighted by Crippen LogP contribution is 2.35. The molecule has 0 aliphatic carbocycles. The number of nitrogens with two attached hydrogens (primary N) is 1. The van der Waals surface area contributed by atoms with Crippen molar-refractivity contribution in [3.8, 4) is 34.6 Å². The quantitative estimate of drug-likeness (QED) is 0.348. The molecule has 3 heterocycles. The van der Waals surface area contributed by atoms with Crippen molar-refractivity contribution in [2.45, 2.75) is 25.8 Å². The zero-order valence-electron chi connectivity index (χ0n) is 20.5. The van der Waals surface area contributed by atoms with Crippen LogP contribution in [0.15, 0.2) is 66.9 Å². The molecule has 2 aromatic carbocycles. The molecule has 0 unspecified atom stereocenters. The summed E-state index contributed by atoms with van der Waals surface area (Å²) in [4.78, 5) is 34.9. The topological polar surface area (TPSA) is 113 Å². The number of fused-ring (bicyclic) bond motifs is 1. The highest BCUT2D eigenvalue weighted by Gasteiger charge is 2.27. The van der Waals surface area contributed by atoms with Crippen molar-refractivity contribution in [3.05, 3.63) is 72.4 Å².